The van der Waals surface area contributed by atoms with Crippen LogP contribution in [0.15, 0.2) is 22.7 Å². The minimum Gasteiger partial charge on any atom is -0.490 e. The SMILES string of the molecule is CCCCN1CCOc2ccc(Br)cc21. The standard InChI is InChI=1S/C12H16BrNO/c1-2-3-6-14-7-8-15-12-5-4-10(13)9-11(12)14/h4-5,9H,2-3,6-8H2,1H3. The summed E-state index contributed by atoms with van der Waals surface area (Å²) in [4.78, 5) is 2.41. The van der Waals surface area contributed by atoms with Gasteiger partial charge < -0.3 is 9.64 Å². The second kappa shape index (κ2) is 4.88. The third kappa shape index (κ3) is 2.46. The van der Waals surface area contributed by atoms with Gasteiger partial charge in [-0.2, -0.15) is 0 Å². The second-order valence-corrected chi connectivity index (χ2v) is 4.72. The number of nitrogens with zero attached hydrogens (tertiary/aromatic N) is 1. The van der Waals surface area contributed by atoms with Gasteiger partial charge in [-0.3, -0.25) is 0 Å². The van der Waals surface area contributed by atoms with Gasteiger partial charge in [-0.1, -0.05) is 29.3 Å². The zero-order valence-corrected chi connectivity index (χ0v) is 10.6. The first-order valence-corrected chi connectivity index (χ1v) is 6.28. The highest BCUT2D eigenvalue weighted by atomic mass is 79.9. The Morgan fingerprint density at radius 3 is 3.13 bits per heavy atom. The van der Waals surface area contributed by atoms with Gasteiger partial charge in [-0.25, -0.2) is 0 Å². The van der Waals surface area contributed by atoms with E-state index >= 15 is 0 Å². The summed E-state index contributed by atoms with van der Waals surface area (Å²) in [5, 5.41) is 0. The molecule has 1 aromatic rings. The maximum Gasteiger partial charge on any atom is 0.142 e. The van der Waals surface area contributed by atoms with Crippen molar-refractivity contribution in [3.63, 3.8) is 0 Å². The fourth-order valence-electron chi connectivity index (χ4n) is 1.83. The molecule has 1 heterocycles. The van der Waals surface area contributed by atoms with Gasteiger partial charge in [-0.05, 0) is 24.6 Å². The van der Waals surface area contributed by atoms with Crippen LogP contribution in [-0.4, -0.2) is 19.7 Å². The van der Waals surface area contributed by atoms with Gasteiger partial charge in [-0.15, -0.1) is 0 Å². The summed E-state index contributed by atoms with van der Waals surface area (Å²) in [5.74, 6) is 1.01. The number of anilines is 1. The van der Waals surface area contributed by atoms with Crippen LogP contribution in [0.2, 0.25) is 0 Å². The smallest absolute Gasteiger partial charge is 0.142 e. The molecule has 0 aromatic heterocycles. The summed E-state index contributed by atoms with van der Waals surface area (Å²) in [6.07, 6.45) is 2.48. The van der Waals surface area contributed by atoms with Crippen LogP contribution in [0.5, 0.6) is 5.75 Å². The van der Waals surface area contributed by atoms with Crippen molar-refractivity contribution < 1.29 is 4.74 Å². The van der Waals surface area contributed by atoms with Gasteiger partial charge in [0.05, 0.1) is 12.2 Å². The van der Waals surface area contributed by atoms with Crippen molar-refractivity contribution >= 4 is 21.6 Å². The van der Waals surface area contributed by atoms with E-state index in [4.69, 9.17) is 4.74 Å². The summed E-state index contributed by atoms with van der Waals surface area (Å²) in [5.41, 5.74) is 1.23. The molecule has 1 aliphatic heterocycles. The average Bonchev–Trinajstić information content (AvgIpc) is 2.26. The van der Waals surface area contributed by atoms with Gasteiger partial charge in [0, 0.05) is 11.0 Å². The molecule has 1 aliphatic rings. The Morgan fingerprint density at radius 2 is 2.33 bits per heavy atom. The largest absolute Gasteiger partial charge is 0.490 e. The topological polar surface area (TPSA) is 12.5 Å². The highest BCUT2D eigenvalue weighted by molar-refractivity contribution is 9.10. The molecule has 3 heteroatoms. The van der Waals surface area contributed by atoms with Crippen LogP contribution in [0.25, 0.3) is 0 Å². The Labute approximate surface area is 99.4 Å². The van der Waals surface area contributed by atoms with E-state index < -0.39 is 0 Å². The molecule has 2 rings (SSSR count). The molecule has 0 atom stereocenters. The number of hydrogen-bond donors (Lipinski definition) is 0. The lowest BCUT2D eigenvalue weighted by Crippen LogP contribution is -2.33. The Morgan fingerprint density at radius 1 is 1.47 bits per heavy atom. The molecule has 0 saturated heterocycles. The van der Waals surface area contributed by atoms with Crippen molar-refractivity contribution in [2.75, 3.05) is 24.6 Å². The number of halogens is 1. The van der Waals surface area contributed by atoms with Gasteiger partial charge >= 0.3 is 0 Å². The van der Waals surface area contributed by atoms with E-state index in [1.54, 1.807) is 0 Å². The van der Waals surface area contributed by atoms with E-state index in [1.165, 1.54) is 18.5 Å². The van der Waals surface area contributed by atoms with Crippen molar-refractivity contribution in [1.29, 1.82) is 0 Å². The number of fused-ring (bicyclic) bond motifs is 1. The fourth-order valence-corrected chi connectivity index (χ4v) is 2.18. The molecule has 2 nitrogen and oxygen atoms in total. The maximum atomic E-state index is 5.63. The van der Waals surface area contributed by atoms with E-state index in [-0.39, 0.29) is 0 Å². The predicted octanol–water partition coefficient (Wildman–Crippen LogP) is 3.45. The molecule has 1 aromatic carbocycles. The van der Waals surface area contributed by atoms with Gasteiger partial charge in [0.2, 0.25) is 0 Å². The minimum atomic E-state index is 0.804. The molecule has 0 N–H and O–H groups in total. The molecule has 0 spiro atoms. The van der Waals surface area contributed by atoms with Crippen LogP contribution < -0.4 is 9.64 Å². The highest BCUT2D eigenvalue weighted by Gasteiger charge is 2.17. The number of rotatable bonds is 3. The molecular formula is C12H16BrNO. The Hall–Kier alpha value is -0.700. The molecule has 0 radical (unpaired) electrons. The van der Waals surface area contributed by atoms with Crippen LogP contribution >= 0.6 is 15.9 Å². The first kappa shape index (κ1) is 10.8. The third-order valence-electron chi connectivity index (χ3n) is 2.66. The number of benzene rings is 1. The van der Waals surface area contributed by atoms with E-state index in [9.17, 15) is 0 Å². The van der Waals surface area contributed by atoms with Crippen LogP contribution in [0.3, 0.4) is 0 Å². The molecule has 0 bridgehead atoms. The van der Waals surface area contributed by atoms with E-state index in [0.29, 0.717) is 0 Å². The molecule has 0 saturated carbocycles. The zero-order chi connectivity index (χ0) is 10.7. The van der Waals surface area contributed by atoms with Crippen LogP contribution in [-0.2, 0) is 0 Å². The highest BCUT2D eigenvalue weighted by Crippen LogP contribution is 2.34. The lowest BCUT2D eigenvalue weighted by atomic mass is 10.2. The Kier molecular flexibility index (Phi) is 3.52. The summed E-state index contributed by atoms with van der Waals surface area (Å²) in [6, 6.07) is 6.21. The lowest BCUT2D eigenvalue weighted by molar-refractivity contribution is 0.307. The van der Waals surface area contributed by atoms with Crippen LogP contribution in [0, 0.1) is 0 Å². The first-order valence-electron chi connectivity index (χ1n) is 5.48. The summed E-state index contributed by atoms with van der Waals surface area (Å²) in [7, 11) is 0. The summed E-state index contributed by atoms with van der Waals surface area (Å²) < 4.78 is 6.74. The molecular weight excluding hydrogens is 254 g/mol. The normalized spacial score (nSPS) is 14.7. The van der Waals surface area contributed by atoms with Crippen molar-refractivity contribution in [3.8, 4) is 5.75 Å². The molecule has 82 valence electrons. The van der Waals surface area contributed by atoms with Crippen molar-refractivity contribution in [2.45, 2.75) is 19.8 Å². The number of unbranched alkanes of at least 4 members (excludes halogenated alkanes) is 1. The van der Waals surface area contributed by atoms with Crippen molar-refractivity contribution in [2.24, 2.45) is 0 Å². The van der Waals surface area contributed by atoms with Crippen LogP contribution in [0.1, 0.15) is 19.8 Å². The zero-order valence-electron chi connectivity index (χ0n) is 9.00. The molecule has 0 aliphatic carbocycles. The monoisotopic (exact) mass is 269 g/mol. The maximum absolute atomic E-state index is 5.63. The second-order valence-electron chi connectivity index (χ2n) is 3.80. The van der Waals surface area contributed by atoms with Crippen LogP contribution in [0.4, 0.5) is 5.69 Å². The van der Waals surface area contributed by atoms with Crippen molar-refractivity contribution in [1.82, 2.24) is 0 Å². The Bertz CT molecular complexity index is 340. The fraction of sp³-hybridized carbons (Fsp3) is 0.500. The van der Waals surface area contributed by atoms with E-state index in [0.717, 1.165) is 29.9 Å². The average molecular weight is 270 g/mol. The molecule has 15 heavy (non-hydrogen) atoms. The van der Waals surface area contributed by atoms with E-state index in [1.807, 2.05) is 12.1 Å². The first-order chi connectivity index (χ1) is 7.31. The summed E-state index contributed by atoms with van der Waals surface area (Å²) in [6.45, 7) is 5.16. The van der Waals surface area contributed by atoms with Gasteiger partial charge in [0.25, 0.3) is 0 Å². The summed E-state index contributed by atoms with van der Waals surface area (Å²) >= 11 is 3.50. The van der Waals surface area contributed by atoms with E-state index in [2.05, 4.69) is 33.8 Å². The molecule has 0 fully saturated rings. The third-order valence-corrected chi connectivity index (χ3v) is 3.16. The quantitative estimate of drug-likeness (QED) is 0.834. The van der Waals surface area contributed by atoms with Gasteiger partial charge in [0.15, 0.2) is 0 Å². The number of hydrogen-bond acceptors (Lipinski definition) is 2. The van der Waals surface area contributed by atoms with Gasteiger partial charge in [0.1, 0.15) is 12.4 Å². The minimum absolute atomic E-state index is 0.804. The van der Waals surface area contributed by atoms with Crippen molar-refractivity contribution in [3.05, 3.63) is 22.7 Å². The molecule has 0 unspecified atom stereocenters. The Balaban J connectivity index is 2.20. The number of ether oxygens (including phenoxy) is 1. The lowest BCUT2D eigenvalue weighted by Gasteiger charge is -2.31. The predicted molar refractivity (Wildman–Crippen MR) is 66.8 cm³/mol. The molecule has 0 amide bonds.